The molecule has 0 N–H and O–H groups in total. The molecule has 5 nitrogen and oxygen atoms in total. The fourth-order valence-corrected chi connectivity index (χ4v) is 1.90. The van der Waals surface area contributed by atoms with Gasteiger partial charge in [-0.15, -0.1) is 0 Å². The van der Waals surface area contributed by atoms with Gasteiger partial charge in [0.05, 0.1) is 25.9 Å². The number of hydrogen-bond donors (Lipinski definition) is 0. The van der Waals surface area contributed by atoms with Crippen molar-refractivity contribution in [3.05, 3.63) is 23.8 Å². The molecule has 0 saturated heterocycles. The zero-order valence-corrected chi connectivity index (χ0v) is 12.6. The van der Waals surface area contributed by atoms with Crippen molar-refractivity contribution in [3.63, 3.8) is 0 Å². The van der Waals surface area contributed by atoms with Gasteiger partial charge < -0.3 is 14.2 Å². The van der Waals surface area contributed by atoms with Crippen LogP contribution in [0.4, 0.5) is 0 Å². The number of ether oxygens (including phenoxy) is 3. The Morgan fingerprint density at radius 1 is 1.24 bits per heavy atom. The molecule has 116 valence electrons. The third-order valence-corrected chi connectivity index (χ3v) is 2.93. The van der Waals surface area contributed by atoms with Gasteiger partial charge in [0.1, 0.15) is 0 Å². The number of hydrogen-bond acceptors (Lipinski definition) is 5. The Morgan fingerprint density at radius 3 is 2.71 bits per heavy atom. The molecular weight excluding hydrogens is 272 g/mol. The van der Waals surface area contributed by atoms with Crippen molar-refractivity contribution in [2.24, 2.45) is 0 Å². The molecule has 0 amide bonds. The number of para-hydroxylation sites is 1. The van der Waals surface area contributed by atoms with E-state index >= 15 is 0 Å². The highest BCUT2D eigenvalue weighted by Gasteiger charge is 2.09. The third kappa shape index (κ3) is 5.85. The van der Waals surface area contributed by atoms with Crippen LogP contribution < -0.4 is 9.47 Å². The second kappa shape index (κ2) is 9.80. The zero-order valence-electron chi connectivity index (χ0n) is 12.6. The van der Waals surface area contributed by atoms with E-state index in [1.54, 1.807) is 25.1 Å². The van der Waals surface area contributed by atoms with Crippen molar-refractivity contribution in [2.75, 3.05) is 20.3 Å². The van der Waals surface area contributed by atoms with E-state index in [2.05, 4.69) is 0 Å². The number of esters is 1. The van der Waals surface area contributed by atoms with Gasteiger partial charge in [-0.25, -0.2) is 0 Å². The Balaban J connectivity index is 2.33. The van der Waals surface area contributed by atoms with Crippen LogP contribution in [-0.2, 0) is 9.53 Å². The number of benzene rings is 1. The lowest BCUT2D eigenvalue weighted by atomic mass is 10.2. The third-order valence-electron chi connectivity index (χ3n) is 2.93. The van der Waals surface area contributed by atoms with Gasteiger partial charge in [-0.05, 0) is 38.3 Å². The lowest BCUT2D eigenvalue weighted by molar-refractivity contribution is -0.143. The minimum absolute atomic E-state index is 0.161. The van der Waals surface area contributed by atoms with Crippen LogP contribution in [0, 0.1) is 0 Å². The monoisotopic (exact) mass is 294 g/mol. The van der Waals surface area contributed by atoms with Crippen LogP contribution in [0.15, 0.2) is 18.2 Å². The van der Waals surface area contributed by atoms with Crippen LogP contribution in [0.3, 0.4) is 0 Å². The summed E-state index contributed by atoms with van der Waals surface area (Å²) in [7, 11) is 1.54. The summed E-state index contributed by atoms with van der Waals surface area (Å²) in [6.45, 7) is 2.69. The van der Waals surface area contributed by atoms with Gasteiger partial charge in [-0.2, -0.15) is 0 Å². The van der Waals surface area contributed by atoms with E-state index in [9.17, 15) is 9.59 Å². The average molecular weight is 294 g/mol. The number of carbonyl (C=O) groups excluding carboxylic acids is 2. The molecule has 0 aliphatic carbocycles. The number of carbonyl (C=O) groups is 2. The summed E-state index contributed by atoms with van der Waals surface area (Å²) in [6, 6.07) is 5.18. The van der Waals surface area contributed by atoms with E-state index in [-0.39, 0.29) is 5.97 Å². The van der Waals surface area contributed by atoms with E-state index in [0.29, 0.717) is 36.7 Å². The highest BCUT2D eigenvalue weighted by molar-refractivity contribution is 5.81. The second-order valence-corrected chi connectivity index (χ2v) is 4.46. The molecule has 1 aromatic carbocycles. The molecule has 21 heavy (non-hydrogen) atoms. The van der Waals surface area contributed by atoms with Gasteiger partial charge >= 0.3 is 5.97 Å². The molecule has 0 aliphatic rings. The molecule has 0 unspecified atom stereocenters. The summed E-state index contributed by atoms with van der Waals surface area (Å²) in [6.07, 6.45) is 3.62. The summed E-state index contributed by atoms with van der Waals surface area (Å²) in [5.41, 5.74) is 0.473. The van der Waals surface area contributed by atoms with Crippen molar-refractivity contribution in [1.29, 1.82) is 0 Å². The van der Waals surface area contributed by atoms with Crippen LogP contribution in [0.5, 0.6) is 11.5 Å². The summed E-state index contributed by atoms with van der Waals surface area (Å²) in [4.78, 5) is 22.1. The fraction of sp³-hybridized carbons (Fsp3) is 0.500. The highest BCUT2D eigenvalue weighted by atomic mass is 16.5. The van der Waals surface area contributed by atoms with Crippen molar-refractivity contribution >= 4 is 12.3 Å². The summed E-state index contributed by atoms with van der Waals surface area (Å²) >= 11 is 0. The number of methoxy groups -OCH3 is 1. The molecule has 0 bridgehead atoms. The van der Waals surface area contributed by atoms with Crippen LogP contribution in [0.25, 0.3) is 0 Å². The first-order valence-corrected chi connectivity index (χ1v) is 7.13. The molecule has 0 saturated carbocycles. The molecule has 1 rings (SSSR count). The molecule has 0 aromatic heterocycles. The van der Waals surface area contributed by atoms with Gasteiger partial charge in [-0.1, -0.05) is 6.07 Å². The lowest BCUT2D eigenvalue weighted by Gasteiger charge is -2.12. The Hall–Kier alpha value is -2.04. The van der Waals surface area contributed by atoms with E-state index in [1.807, 2.05) is 0 Å². The van der Waals surface area contributed by atoms with Gasteiger partial charge in [0.25, 0.3) is 0 Å². The topological polar surface area (TPSA) is 61.8 Å². The Morgan fingerprint density at radius 2 is 2.05 bits per heavy atom. The smallest absolute Gasteiger partial charge is 0.305 e. The first-order chi connectivity index (χ1) is 10.2. The van der Waals surface area contributed by atoms with Crippen molar-refractivity contribution in [2.45, 2.75) is 32.6 Å². The van der Waals surface area contributed by atoms with E-state index in [0.717, 1.165) is 25.5 Å². The maximum absolute atomic E-state index is 11.2. The standard InChI is InChI=1S/C16H22O5/c1-3-20-15(18)10-5-4-6-11-21-16-13(12-17)8-7-9-14(16)19-2/h7-9,12H,3-6,10-11H2,1-2H3. The largest absolute Gasteiger partial charge is 0.493 e. The SMILES string of the molecule is CCOC(=O)CCCCCOc1c(C=O)cccc1OC. The Labute approximate surface area is 125 Å². The van der Waals surface area contributed by atoms with E-state index in [1.165, 1.54) is 7.11 Å². The molecule has 5 heteroatoms. The van der Waals surface area contributed by atoms with Crippen molar-refractivity contribution in [1.82, 2.24) is 0 Å². The van der Waals surface area contributed by atoms with Gasteiger partial charge in [0.2, 0.25) is 0 Å². The van der Waals surface area contributed by atoms with Crippen LogP contribution in [-0.4, -0.2) is 32.6 Å². The Kier molecular flexibility index (Phi) is 7.94. The predicted octanol–water partition coefficient (Wildman–Crippen LogP) is 3.01. The highest BCUT2D eigenvalue weighted by Crippen LogP contribution is 2.30. The molecule has 0 spiro atoms. The summed E-state index contributed by atoms with van der Waals surface area (Å²) < 4.78 is 15.7. The zero-order chi connectivity index (χ0) is 15.5. The second-order valence-electron chi connectivity index (χ2n) is 4.46. The molecule has 0 heterocycles. The first-order valence-electron chi connectivity index (χ1n) is 7.13. The van der Waals surface area contributed by atoms with E-state index < -0.39 is 0 Å². The van der Waals surface area contributed by atoms with Crippen molar-refractivity contribution < 1.29 is 23.8 Å². The molecule has 1 aromatic rings. The molecule has 0 fully saturated rings. The predicted molar refractivity (Wildman–Crippen MR) is 79.0 cm³/mol. The van der Waals surface area contributed by atoms with Crippen molar-refractivity contribution in [3.8, 4) is 11.5 Å². The summed E-state index contributed by atoms with van der Waals surface area (Å²) in [5.74, 6) is 0.859. The van der Waals surface area contributed by atoms with Crippen LogP contribution in [0.2, 0.25) is 0 Å². The van der Waals surface area contributed by atoms with Gasteiger partial charge in [0, 0.05) is 6.42 Å². The molecular formula is C16H22O5. The minimum Gasteiger partial charge on any atom is -0.493 e. The normalized spacial score (nSPS) is 10.0. The van der Waals surface area contributed by atoms with Gasteiger partial charge in [0.15, 0.2) is 17.8 Å². The maximum Gasteiger partial charge on any atom is 0.305 e. The molecule has 0 radical (unpaired) electrons. The van der Waals surface area contributed by atoms with Crippen LogP contribution >= 0.6 is 0 Å². The Bertz CT molecular complexity index is 456. The maximum atomic E-state index is 11.2. The van der Waals surface area contributed by atoms with E-state index in [4.69, 9.17) is 14.2 Å². The fourth-order valence-electron chi connectivity index (χ4n) is 1.90. The molecule has 0 atom stereocenters. The number of rotatable bonds is 10. The lowest BCUT2D eigenvalue weighted by Crippen LogP contribution is -2.05. The minimum atomic E-state index is -0.161. The first kappa shape index (κ1) is 17.0. The quantitative estimate of drug-likeness (QED) is 0.377. The molecule has 0 aliphatic heterocycles. The average Bonchev–Trinajstić information content (AvgIpc) is 2.50. The number of aldehydes is 1. The van der Waals surface area contributed by atoms with Crippen LogP contribution in [0.1, 0.15) is 43.0 Å². The number of unbranched alkanes of at least 4 members (excludes halogenated alkanes) is 2. The summed E-state index contributed by atoms with van der Waals surface area (Å²) in [5, 5.41) is 0. The van der Waals surface area contributed by atoms with Gasteiger partial charge in [-0.3, -0.25) is 9.59 Å².